The molecule has 2 fully saturated rings. The number of esters is 2. The fourth-order valence-electron chi connectivity index (χ4n) is 6.26. The Labute approximate surface area is 294 Å². The largest absolute Gasteiger partial charge is 0.457 e. The van der Waals surface area contributed by atoms with E-state index >= 15 is 0 Å². The number of carbonyl (C=O) groups is 3. The highest BCUT2D eigenvalue weighted by atomic mass is 127. The molecule has 2 saturated heterocycles. The highest BCUT2D eigenvalue weighted by molar-refractivity contribution is 14.1. The molecule has 0 aromatic rings. The van der Waals surface area contributed by atoms with E-state index in [0.717, 1.165) is 12.0 Å². The number of hydrogen-bond donors (Lipinski definition) is 2. The van der Waals surface area contributed by atoms with Crippen molar-refractivity contribution in [3.05, 3.63) is 36.0 Å². The number of allylic oxidation sites excluding steroid dienone is 3. The summed E-state index contributed by atoms with van der Waals surface area (Å²) >= 11 is 2.23. The lowest BCUT2D eigenvalue weighted by Gasteiger charge is -2.38. The van der Waals surface area contributed by atoms with Gasteiger partial charge >= 0.3 is 18.0 Å². The summed E-state index contributed by atoms with van der Waals surface area (Å²) < 4.78 is 25.6. The van der Waals surface area contributed by atoms with E-state index in [1.807, 2.05) is 45.9 Å². The number of rotatable bonds is 10. The van der Waals surface area contributed by atoms with Gasteiger partial charge in [-0.05, 0) is 57.1 Å². The summed E-state index contributed by atoms with van der Waals surface area (Å²) in [6.07, 6.45) is 7.86. The second-order valence-electron chi connectivity index (χ2n) is 13.6. The van der Waals surface area contributed by atoms with Crippen molar-refractivity contribution in [1.29, 1.82) is 0 Å². The smallest absolute Gasteiger partial charge is 0.410 e. The molecule has 1 amide bonds. The van der Waals surface area contributed by atoms with Gasteiger partial charge in [0.2, 0.25) is 0 Å². The van der Waals surface area contributed by atoms with Gasteiger partial charge in [-0.3, -0.25) is 9.59 Å². The van der Waals surface area contributed by atoms with Gasteiger partial charge in [-0.25, -0.2) is 7.91 Å². The monoisotopic (exact) mass is 774 g/mol. The Hall–Kier alpha value is -2.00. The second-order valence-corrected chi connectivity index (χ2v) is 15.0. The summed E-state index contributed by atoms with van der Waals surface area (Å²) in [5.41, 5.74) is -0.471. The number of epoxide rings is 1. The normalized spacial score (nSPS) is 34.0. The molecule has 3 rings (SSSR count). The van der Waals surface area contributed by atoms with Crippen molar-refractivity contribution < 1.29 is 43.5 Å². The van der Waals surface area contributed by atoms with Crippen LogP contribution in [0.25, 0.3) is 0 Å². The third kappa shape index (κ3) is 12.1. The average Bonchev–Trinajstić information content (AvgIpc) is 3.77. The number of aliphatic hydroxyl groups is 2. The van der Waals surface area contributed by atoms with Crippen molar-refractivity contribution in [2.45, 2.75) is 123 Å². The molecular weight excluding hydrogens is 719 g/mol. The van der Waals surface area contributed by atoms with Crippen molar-refractivity contribution in [1.82, 2.24) is 8.01 Å². The molecule has 47 heavy (non-hydrogen) atoms. The van der Waals surface area contributed by atoms with Crippen LogP contribution in [0.4, 0.5) is 4.79 Å². The van der Waals surface area contributed by atoms with Gasteiger partial charge in [-0.2, -0.15) is 0 Å². The number of ether oxygens (including phenoxy) is 4. The molecule has 0 unspecified atom stereocenters. The maximum Gasteiger partial charge on any atom is 0.410 e. The van der Waals surface area contributed by atoms with Gasteiger partial charge in [0.1, 0.15) is 11.7 Å². The molecule has 0 radical (unpaired) electrons. The zero-order valence-corrected chi connectivity index (χ0v) is 31.1. The minimum absolute atomic E-state index is 0.0868. The zero-order chi connectivity index (χ0) is 34.9. The molecular formula is C35H55IN2O9. The number of hydrogen-bond acceptors (Lipinski definition) is 10. The van der Waals surface area contributed by atoms with E-state index in [4.69, 9.17) is 18.9 Å². The van der Waals surface area contributed by atoms with Crippen molar-refractivity contribution >= 4 is 40.9 Å². The third-order valence-electron chi connectivity index (χ3n) is 9.41. The number of piperazine rings is 1. The Morgan fingerprint density at radius 2 is 1.87 bits per heavy atom. The van der Waals surface area contributed by atoms with E-state index in [-0.39, 0.29) is 55.3 Å². The molecule has 10 atom stereocenters. The Morgan fingerprint density at radius 3 is 2.51 bits per heavy atom. The fourth-order valence-corrected chi connectivity index (χ4v) is 6.69. The van der Waals surface area contributed by atoms with Crippen molar-refractivity contribution in [2.75, 3.05) is 26.2 Å². The van der Waals surface area contributed by atoms with Crippen LogP contribution >= 0.6 is 22.9 Å². The number of aliphatic hydroxyl groups excluding tert-OH is 2. The first-order chi connectivity index (χ1) is 22.1. The highest BCUT2D eigenvalue weighted by Crippen LogP contribution is 2.36. The van der Waals surface area contributed by atoms with Crippen molar-refractivity contribution in [3.8, 4) is 0 Å². The standard InChI is InChI=1S/C35H55IN2O9/c1-8-28(41)25(5)33-29(44-33)20-22(2)10-9-11-23(3)32-24(4)12-13-30(45-34(43)37-16-18-38(36)19-17-37)35(7,47-26(6)39)15-14-27(40)21-31(42)46-32/h9-13,22,24-25,27-30,32-33,40-41H,8,14-21H2,1-7H3/b10-9+,13-12+,23-11+/t22-,24+,25-,27-,28+,29-,30+,32-,33-,35-/m1/s1. The molecule has 0 saturated carbocycles. The van der Waals surface area contributed by atoms with Gasteiger partial charge in [-0.1, -0.05) is 52.0 Å². The molecule has 12 heteroatoms. The van der Waals surface area contributed by atoms with Crippen LogP contribution in [0, 0.1) is 17.8 Å². The van der Waals surface area contributed by atoms with Gasteiger partial charge in [0.05, 0.1) is 30.8 Å². The SMILES string of the molecule is CC[C@H](O)[C@@H](C)[C@H]1O[C@@H]1C[C@H](C)/C=C/C=C(\C)[C@H]1OC(=O)C[C@H](O)CC[C@@](C)(OC(C)=O)[C@@H](OC(=O)N2CCN(I)CC2)/C=C/[C@@H]1C. The summed E-state index contributed by atoms with van der Waals surface area (Å²) in [6.45, 7) is 15.4. The van der Waals surface area contributed by atoms with E-state index in [2.05, 4.69) is 39.0 Å². The molecule has 0 aliphatic carbocycles. The molecule has 0 bridgehead atoms. The Morgan fingerprint density at radius 1 is 1.19 bits per heavy atom. The van der Waals surface area contributed by atoms with Crippen LogP contribution in [0.1, 0.15) is 80.6 Å². The average molecular weight is 775 g/mol. The first-order valence-corrected chi connectivity index (χ1v) is 17.9. The summed E-state index contributed by atoms with van der Waals surface area (Å²) in [7, 11) is 0. The summed E-state index contributed by atoms with van der Waals surface area (Å²) in [5.74, 6) is -1.06. The lowest BCUT2D eigenvalue weighted by Crippen LogP contribution is -2.50. The van der Waals surface area contributed by atoms with Crippen LogP contribution in [-0.2, 0) is 28.5 Å². The third-order valence-corrected chi connectivity index (χ3v) is 10.4. The molecule has 0 spiro atoms. The van der Waals surface area contributed by atoms with Gasteiger partial charge < -0.3 is 34.1 Å². The highest BCUT2D eigenvalue weighted by Gasteiger charge is 2.45. The Balaban J connectivity index is 1.79. The maximum atomic E-state index is 13.3. The minimum Gasteiger partial charge on any atom is -0.457 e. The Bertz CT molecular complexity index is 1150. The topological polar surface area (TPSA) is 138 Å². The van der Waals surface area contributed by atoms with Crippen LogP contribution in [0.5, 0.6) is 0 Å². The first-order valence-electron chi connectivity index (χ1n) is 16.9. The van der Waals surface area contributed by atoms with Crippen LogP contribution in [-0.4, -0.2) is 105 Å². The number of halogens is 1. The molecule has 0 aromatic heterocycles. The van der Waals surface area contributed by atoms with Gasteiger partial charge in [0, 0.05) is 67.8 Å². The molecule has 266 valence electrons. The number of cyclic esters (lactones) is 1. The van der Waals surface area contributed by atoms with Crippen molar-refractivity contribution in [3.63, 3.8) is 0 Å². The van der Waals surface area contributed by atoms with Crippen LogP contribution < -0.4 is 0 Å². The van der Waals surface area contributed by atoms with E-state index in [1.165, 1.54) is 6.92 Å². The summed E-state index contributed by atoms with van der Waals surface area (Å²) in [4.78, 5) is 40.1. The number of amides is 1. The summed E-state index contributed by atoms with van der Waals surface area (Å²) in [5, 5.41) is 20.9. The summed E-state index contributed by atoms with van der Waals surface area (Å²) in [6, 6.07) is 0. The van der Waals surface area contributed by atoms with Crippen LogP contribution in [0.15, 0.2) is 36.0 Å². The van der Waals surface area contributed by atoms with E-state index in [9.17, 15) is 24.6 Å². The predicted molar refractivity (Wildman–Crippen MR) is 186 cm³/mol. The molecule has 0 aromatic carbocycles. The molecule has 3 heterocycles. The quantitative estimate of drug-likeness (QED) is 0.0585. The lowest BCUT2D eigenvalue weighted by molar-refractivity contribution is -0.168. The zero-order valence-electron chi connectivity index (χ0n) is 29.0. The lowest BCUT2D eigenvalue weighted by atomic mass is 9.88. The molecule has 3 aliphatic rings. The van der Waals surface area contributed by atoms with Crippen molar-refractivity contribution in [2.24, 2.45) is 17.8 Å². The molecule has 11 nitrogen and oxygen atoms in total. The maximum absolute atomic E-state index is 13.3. The van der Waals surface area contributed by atoms with Gasteiger partial charge in [0.25, 0.3) is 0 Å². The van der Waals surface area contributed by atoms with Crippen LogP contribution in [0.2, 0.25) is 0 Å². The van der Waals surface area contributed by atoms with E-state index < -0.39 is 41.9 Å². The van der Waals surface area contributed by atoms with E-state index in [0.29, 0.717) is 32.6 Å². The molecule has 3 aliphatic heterocycles. The number of nitrogens with zero attached hydrogens (tertiary/aromatic N) is 2. The number of carbonyl (C=O) groups excluding carboxylic acids is 3. The van der Waals surface area contributed by atoms with E-state index in [1.54, 1.807) is 17.9 Å². The first kappa shape index (κ1) is 39.4. The minimum atomic E-state index is -1.27. The fraction of sp³-hybridized carbons (Fsp3) is 0.743. The Kier molecular flexibility index (Phi) is 15.2. The molecule has 2 N–H and O–H groups in total. The predicted octanol–water partition coefficient (Wildman–Crippen LogP) is 5.13. The van der Waals surface area contributed by atoms with Crippen LogP contribution in [0.3, 0.4) is 0 Å². The van der Waals surface area contributed by atoms with Gasteiger partial charge in [-0.15, -0.1) is 0 Å². The second kappa shape index (κ2) is 18.1. The van der Waals surface area contributed by atoms with Gasteiger partial charge in [0.15, 0.2) is 6.10 Å².